The quantitative estimate of drug-likeness (QED) is 0.555. The van der Waals surface area contributed by atoms with Gasteiger partial charge in [0.1, 0.15) is 12.2 Å². The van der Waals surface area contributed by atoms with Gasteiger partial charge in [-0.15, -0.1) is 0 Å². The second kappa shape index (κ2) is 4.11. The Morgan fingerprint density at radius 1 is 1.85 bits per heavy atom. The molecule has 0 aliphatic carbocycles. The Labute approximate surface area is 75.0 Å². The van der Waals surface area contributed by atoms with Gasteiger partial charge in [0.2, 0.25) is 0 Å². The molecule has 0 aromatic carbocycles. The van der Waals surface area contributed by atoms with E-state index in [0.29, 0.717) is 11.5 Å². The van der Waals surface area contributed by atoms with Crippen LogP contribution in [0.15, 0.2) is 6.33 Å². The topological polar surface area (TPSA) is 93.6 Å². The Hall–Kier alpha value is -2.03. The number of nitrogens with zero attached hydrogens (tertiary/aromatic N) is 2. The van der Waals surface area contributed by atoms with Crippen molar-refractivity contribution in [2.75, 3.05) is 18.9 Å². The molecule has 0 aliphatic heterocycles. The molecule has 1 rings (SSSR count). The van der Waals surface area contributed by atoms with Crippen molar-refractivity contribution in [3.63, 3.8) is 0 Å². The van der Waals surface area contributed by atoms with E-state index in [-0.39, 0.29) is 12.5 Å². The number of carbonyl (C=O) groups excluding carboxylic acids is 1. The Morgan fingerprint density at radius 3 is 3.23 bits per heavy atom. The highest BCUT2D eigenvalue weighted by atomic mass is 16.1. The van der Waals surface area contributed by atoms with Gasteiger partial charge in [-0.05, 0) is 0 Å². The van der Waals surface area contributed by atoms with Crippen LogP contribution in [0.5, 0.6) is 0 Å². The van der Waals surface area contributed by atoms with Crippen molar-refractivity contribution in [2.45, 2.75) is 0 Å². The first-order chi connectivity index (χ1) is 6.29. The van der Waals surface area contributed by atoms with Crippen LogP contribution in [0.3, 0.4) is 0 Å². The summed E-state index contributed by atoms with van der Waals surface area (Å²) in [6, 6.07) is 1.81. The van der Waals surface area contributed by atoms with Crippen molar-refractivity contribution < 1.29 is 4.79 Å². The third-order valence-electron chi connectivity index (χ3n) is 1.43. The lowest BCUT2D eigenvalue weighted by atomic mass is 10.4. The maximum absolute atomic E-state index is 11.3. The molecule has 6 heteroatoms. The van der Waals surface area contributed by atoms with Gasteiger partial charge in [0.05, 0.1) is 12.4 Å². The summed E-state index contributed by atoms with van der Waals surface area (Å²) in [7, 11) is 1.66. The molecule has 6 nitrogen and oxygen atoms in total. The summed E-state index contributed by atoms with van der Waals surface area (Å²) >= 11 is 0. The third-order valence-corrected chi connectivity index (χ3v) is 1.43. The highest BCUT2D eigenvalue weighted by Gasteiger charge is 2.11. The number of hydrogen-bond donors (Lipinski definition) is 3. The van der Waals surface area contributed by atoms with Crippen molar-refractivity contribution in [1.29, 1.82) is 5.26 Å². The first-order valence-corrected chi connectivity index (χ1v) is 3.66. The third kappa shape index (κ3) is 1.96. The molecule has 1 amide bonds. The molecular weight excluding hydrogens is 170 g/mol. The molecule has 1 aromatic heterocycles. The fourth-order valence-electron chi connectivity index (χ4n) is 0.865. The maximum atomic E-state index is 11.3. The van der Waals surface area contributed by atoms with Crippen LogP contribution in [0, 0.1) is 11.3 Å². The van der Waals surface area contributed by atoms with Crippen molar-refractivity contribution in [3.05, 3.63) is 12.0 Å². The van der Waals surface area contributed by atoms with Gasteiger partial charge in [-0.2, -0.15) is 5.26 Å². The molecule has 3 N–H and O–H groups in total. The maximum Gasteiger partial charge on any atom is 0.272 e. The standard InChI is InChI=1S/C7H9N5O/c1-9-6-5(11-4-12-6)7(13)10-3-2-8/h4,9H,3H2,1H3,(H,10,13)(H,11,12). The van der Waals surface area contributed by atoms with Gasteiger partial charge in [-0.3, -0.25) is 4.79 Å². The molecule has 0 radical (unpaired) electrons. The number of carbonyl (C=O) groups is 1. The SMILES string of the molecule is CNc1nc[nH]c1C(=O)NCC#N. The summed E-state index contributed by atoms with van der Waals surface area (Å²) in [5, 5.41) is 13.4. The second-order valence-electron chi connectivity index (χ2n) is 2.22. The van der Waals surface area contributed by atoms with E-state index in [1.54, 1.807) is 7.05 Å². The summed E-state index contributed by atoms with van der Waals surface area (Å²) in [5.41, 5.74) is 0.331. The molecular formula is C7H9N5O. The number of anilines is 1. The molecule has 1 heterocycles. The monoisotopic (exact) mass is 179 g/mol. The molecule has 0 saturated carbocycles. The molecule has 0 atom stereocenters. The van der Waals surface area contributed by atoms with Crippen LogP contribution in [0.1, 0.15) is 10.5 Å². The average Bonchev–Trinajstić information content (AvgIpc) is 2.61. The Bertz CT molecular complexity index is 337. The van der Waals surface area contributed by atoms with Gasteiger partial charge < -0.3 is 15.6 Å². The number of nitrogens with one attached hydrogen (secondary N) is 3. The van der Waals surface area contributed by atoms with Crippen LogP contribution in [-0.2, 0) is 0 Å². The lowest BCUT2D eigenvalue weighted by molar-refractivity contribution is 0.0955. The first kappa shape index (κ1) is 9.06. The highest BCUT2D eigenvalue weighted by Crippen LogP contribution is 2.06. The normalized spacial score (nSPS) is 8.92. The average molecular weight is 179 g/mol. The molecule has 68 valence electrons. The van der Waals surface area contributed by atoms with E-state index in [1.807, 2.05) is 6.07 Å². The molecule has 0 saturated heterocycles. The summed E-state index contributed by atoms with van der Waals surface area (Å²) in [6.07, 6.45) is 1.41. The minimum atomic E-state index is -0.344. The van der Waals surface area contributed by atoms with Crippen molar-refractivity contribution in [2.24, 2.45) is 0 Å². The van der Waals surface area contributed by atoms with Gasteiger partial charge in [0.15, 0.2) is 5.82 Å². The number of nitriles is 1. The number of H-pyrrole nitrogens is 1. The summed E-state index contributed by atoms with van der Waals surface area (Å²) < 4.78 is 0. The summed E-state index contributed by atoms with van der Waals surface area (Å²) in [5.74, 6) is 0.124. The first-order valence-electron chi connectivity index (χ1n) is 3.66. The molecule has 0 fully saturated rings. The molecule has 0 spiro atoms. The highest BCUT2D eigenvalue weighted by molar-refractivity contribution is 5.96. The Balaban J connectivity index is 2.71. The number of rotatable bonds is 3. The van der Waals surface area contributed by atoms with E-state index < -0.39 is 0 Å². The van der Waals surface area contributed by atoms with E-state index in [0.717, 1.165) is 0 Å². The van der Waals surface area contributed by atoms with E-state index >= 15 is 0 Å². The van der Waals surface area contributed by atoms with Gasteiger partial charge in [0, 0.05) is 7.05 Å². The summed E-state index contributed by atoms with van der Waals surface area (Å²) in [6.45, 7) is -0.0129. The Morgan fingerprint density at radius 2 is 2.62 bits per heavy atom. The van der Waals surface area contributed by atoms with Gasteiger partial charge in [0.25, 0.3) is 5.91 Å². The zero-order chi connectivity index (χ0) is 9.68. The number of aromatic nitrogens is 2. The number of imidazole rings is 1. The van der Waals surface area contributed by atoms with E-state index in [2.05, 4.69) is 20.6 Å². The van der Waals surface area contributed by atoms with Gasteiger partial charge >= 0.3 is 0 Å². The number of aromatic amines is 1. The lowest BCUT2D eigenvalue weighted by Gasteiger charge is -2.00. The van der Waals surface area contributed by atoms with Crippen LogP contribution < -0.4 is 10.6 Å². The summed E-state index contributed by atoms with van der Waals surface area (Å²) in [4.78, 5) is 17.8. The molecule has 0 unspecified atom stereocenters. The Kier molecular flexibility index (Phi) is 2.87. The second-order valence-corrected chi connectivity index (χ2v) is 2.22. The molecule has 0 bridgehead atoms. The van der Waals surface area contributed by atoms with Gasteiger partial charge in [-0.25, -0.2) is 4.98 Å². The lowest BCUT2D eigenvalue weighted by Crippen LogP contribution is -2.24. The van der Waals surface area contributed by atoms with Gasteiger partial charge in [-0.1, -0.05) is 0 Å². The molecule has 1 aromatic rings. The van der Waals surface area contributed by atoms with E-state index in [1.165, 1.54) is 6.33 Å². The fourth-order valence-corrected chi connectivity index (χ4v) is 0.865. The predicted octanol–water partition coefficient (Wildman–Crippen LogP) is -0.295. The van der Waals surface area contributed by atoms with Crippen LogP contribution in [0.2, 0.25) is 0 Å². The zero-order valence-corrected chi connectivity index (χ0v) is 7.09. The van der Waals surface area contributed by atoms with Crippen molar-refractivity contribution >= 4 is 11.7 Å². The minimum absolute atomic E-state index is 0.0129. The fraction of sp³-hybridized carbons (Fsp3) is 0.286. The van der Waals surface area contributed by atoms with Crippen molar-refractivity contribution in [1.82, 2.24) is 15.3 Å². The minimum Gasteiger partial charge on any atom is -0.371 e. The molecule has 13 heavy (non-hydrogen) atoms. The molecule has 0 aliphatic rings. The number of amides is 1. The van der Waals surface area contributed by atoms with E-state index in [4.69, 9.17) is 5.26 Å². The smallest absolute Gasteiger partial charge is 0.272 e. The van der Waals surface area contributed by atoms with Crippen LogP contribution in [0.25, 0.3) is 0 Å². The van der Waals surface area contributed by atoms with E-state index in [9.17, 15) is 4.79 Å². The van der Waals surface area contributed by atoms with Crippen LogP contribution in [-0.4, -0.2) is 29.5 Å². The largest absolute Gasteiger partial charge is 0.371 e. The van der Waals surface area contributed by atoms with Crippen LogP contribution >= 0.6 is 0 Å². The number of hydrogen-bond acceptors (Lipinski definition) is 4. The predicted molar refractivity (Wildman–Crippen MR) is 46.1 cm³/mol. The van der Waals surface area contributed by atoms with Crippen molar-refractivity contribution in [3.8, 4) is 6.07 Å². The van der Waals surface area contributed by atoms with Crippen LogP contribution in [0.4, 0.5) is 5.82 Å². The zero-order valence-electron chi connectivity index (χ0n) is 7.09.